The first-order valence-electron chi connectivity index (χ1n) is 6.24. The third-order valence-electron chi connectivity index (χ3n) is 3.58. The summed E-state index contributed by atoms with van der Waals surface area (Å²) in [5.41, 5.74) is 0.887. The van der Waals surface area contributed by atoms with E-state index in [0.717, 1.165) is 37.7 Å². The van der Waals surface area contributed by atoms with Gasteiger partial charge in [-0.3, -0.25) is 0 Å². The lowest BCUT2D eigenvalue weighted by atomic mass is 9.89. The molecule has 2 unspecified atom stereocenters. The van der Waals surface area contributed by atoms with Crippen molar-refractivity contribution >= 4 is 0 Å². The molecule has 0 aromatic heterocycles. The Bertz CT molecular complexity index is 378. The fourth-order valence-electron chi connectivity index (χ4n) is 2.59. The van der Waals surface area contributed by atoms with Gasteiger partial charge in [0.25, 0.3) is 0 Å². The Morgan fingerprint density at radius 3 is 2.71 bits per heavy atom. The van der Waals surface area contributed by atoms with Crippen LogP contribution in [0.2, 0.25) is 0 Å². The van der Waals surface area contributed by atoms with Gasteiger partial charge in [0.2, 0.25) is 0 Å². The van der Waals surface area contributed by atoms with E-state index in [4.69, 9.17) is 4.74 Å². The van der Waals surface area contributed by atoms with E-state index in [1.165, 1.54) is 13.2 Å². The molecule has 0 amide bonds. The highest BCUT2D eigenvalue weighted by Gasteiger charge is 2.23. The lowest BCUT2D eigenvalue weighted by Crippen LogP contribution is -2.17. The molecular weight excluding hydrogens is 219 g/mol. The fraction of sp³-hybridized carbons (Fsp3) is 0.571. The number of rotatable bonds is 2. The summed E-state index contributed by atoms with van der Waals surface area (Å²) in [5.74, 6) is -0.0174. The fourth-order valence-corrected chi connectivity index (χ4v) is 2.59. The van der Waals surface area contributed by atoms with Crippen LogP contribution < -0.4 is 4.74 Å². The summed E-state index contributed by atoms with van der Waals surface area (Å²) in [6.45, 7) is 0. The molecule has 1 aromatic carbocycles. The maximum atomic E-state index is 13.6. The van der Waals surface area contributed by atoms with Gasteiger partial charge in [0.05, 0.1) is 13.2 Å². The molecular formula is C14H19FO2. The van der Waals surface area contributed by atoms with Crippen molar-refractivity contribution < 1.29 is 14.2 Å². The summed E-state index contributed by atoms with van der Waals surface area (Å²) in [6.07, 6.45) is 4.74. The van der Waals surface area contributed by atoms with Crippen LogP contribution in [0.15, 0.2) is 18.2 Å². The number of ether oxygens (including phenoxy) is 1. The lowest BCUT2D eigenvalue weighted by Gasteiger charge is -2.21. The van der Waals surface area contributed by atoms with Crippen molar-refractivity contribution in [2.45, 2.75) is 44.1 Å². The molecule has 0 bridgehead atoms. The van der Waals surface area contributed by atoms with Crippen LogP contribution in [0.25, 0.3) is 0 Å². The van der Waals surface area contributed by atoms with Crippen molar-refractivity contribution in [1.29, 1.82) is 0 Å². The molecule has 1 aromatic rings. The average Bonchev–Trinajstić information content (AvgIpc) is 2.54. The molecule has 0 aliphatic heterocycles. The van der Waals surface area contributed by atoms with Crippen LogP contribution in [0.3, 0.4) is 0 Å². The van der Waals surface area contributed by atoms with Crippen molar-refractivity contribution in [3.8, 4) is 5.75 Å². The third kappa shape index (κ3) is 2.78. The minimum atomic E-state index is -0.346. The van der Waals surface area contributed by atoms with Gasteiger partial charge < -0.3 is 9.84 Å². The van der Waals surface area contributed by atoms with Gasteiger partial charge in [0.15, 0.2) is 11.6 Å². The Kier molecular flexibility index (Phi) is 4.00. The van der Waals surface area contributed by atoms with Gasteiger partial charge in [-0.25, -0.2) is 4.39 Å². The predicted molar refractivity (Wildman–Crippen MR) is 64.8 cm³/mol. The molecule has 1 fully saturated rings. The highest BCUT2D eigenvalue weighted by atomic mass is 19.1. The molecule has 1 saturated carbocycles. The van der Waals surface area contributed by atoms with E-state index < -0.39 is 0 Å². The first-order valence-corrected chi connectivity index (χ1v) is 6.24. The molecule has 0 radical (unpaired) electrons. The van der Waals surface area contributed by atoms with E-state index >= 15 is 0 Å². The zero-order valence-corrected chi connectivity index (χ0v) is 10.2. The second kappa shape index (κ2) is 5.50. The minimum absolute atomic E-state index is 0.0675. The second-order valence-corrected chi connectivity index (χ2v) is 4.71. The van der Waals surface area contributed by atoms with Gasteiger partial charge in [-0.05, 0) is 30.5 Å². The lowest BCUT2D eigenvalue weighted by molar-refractivity contribution is 0.135. The Labute approximate surface area is 101 Å². The molecule has 1 aliphatic rings. The number of hydrogen-bond acceptors (Lipinski definition) is 2. The molecule has 0 saturated heterocycles. The van der Waals surface area contributed by atoms with E-state index in [2.05, 4.69) is 0 Å². The zero-order chi connectivity index (χ0) is 12.3. The topological polar surface area (TPSA) is 29.5 Å². The molecule has 0 spiro atoms. The molecule has 3 heteroatoms. The van der Waals surface area contributed by atoms with Gasteiger partial charge >= 0.3 is 0 Å². The minimum Gasteiger partial charge on any atom is -0.494 e. The maximum absolute atomic E-state index is 13.6. The summed E-state index contributed by atoms with van der Waals surface area (Å²) < 4.78 is 18.5. The third-order valence-corrected chi connectivity index (χ3v) is 3.58. The highest BCUT2D eigenvalue weighted by Crippen LogP contribution is 2.33. The standard InChI is InChI=1S/C14H19FO2/c1-17-14-8-7-10(9-12(14)15)11-5-3-2-4-6-13(11)16/h7-9,11,13,16H,2-6H2,1H3. The van der Waals surface area contributed by atoms with Gasteiger partial charge in [0, 0.05) is 5.92 Å². The number of benzene rings is 1. The van der Waals surface area contributed by atoms with Crippen molar-refractivity contribution in [1.82, 2.24) is 0 Å². The Balaban J connectivity index is 2.22. The van der Waals surface area contributed by atoms with Crippen LogP contribution >= 0.6 is 0 Å². The van der Waals surface area contributed by atoms with E-state index in [9.17, 15) is 9.50 Å². The molecule has 2 nitrogen and oxygen atoms in total. The van der Waals surface area contributed by atoms with Crippen molar-refractivity contribution in [2.24, 2.45) is 0 Å². The Hall–Kier alpha value is -1.09. The van der Waals surface area contributed by atoms with E-state index in [-0.39, 0.29) is 23.6 Å². The van der Waals surface area contributed by atoms with E-state index in [1.54, 1.807) is 6.07 Å². The highest BCUT2D eigenvalue weighted by molar-refractivity contribution is 5.31. The van der Waals surface area contributed by atoms with Crippen LogP contribution in [-0.4, -0.2) is 18.3 Å². The largest absolute Gasteiger partial charge is 0.494 e. The summed E-state index contributed by atoms with van der Waals surface area (Å²) in [6, 6.07) is 5.00. The van der Waals surface area contributed by atoms with Gasteiger partial charge in [-0.1, -0.05) is 25.3 Å². The van der Waals surface area contributed by atoms with Gasteiger partial charge in [0.1, 0.15) is 0 Å². The monoisotopic (exact) mass is 238 g/mol. The smallest absolute Gasteiger partial charge is 0.165 e. The van der Waals surface area contributed by atoms with Crippen LogP contribution in [0, 0.1) is 5.82 Å². The Morgan fingerprint density at radius 2 is 2.00 bits per heavy atom. The summed E-state index contributed by atoms with van der Waals surface area (Å²) >= 11 is 0. The molecule has 1 N–H and O–H groups in total. The maximum Gasteiger partial charge on any atom is 0.165 e. The molecule has 17 heavy (non-hydrogen) atoms. The predicted octanol–water partition coefficient (Wildman–Crippen LogP) is 3.24. The van der Waals surface area contributed by atoms with Gasteiger partial charge in [-0.2, -0.15) is 0 Å². The summed E-state index contributed by atoms with van der Waals surface area (Å²) in [7, 11) is 1.46. The number of aliphatic hydroxyl groups is 1. The van der Waals surface area contributed by atoms with Gasteiger partial charge in [-0.15, -0.1) is 0 Å². The van der Waals surface area contributed by atoms with Crippen LogP contribution in [0.1, 0.15) is 43.6 Å². The molecule has 2 atom stereocenters. The number of aliphatic hydroxyl groups excluding tert-OH is 1. The van der Waals surface area contributed by atoms with E-state index in [1.807, 2.05) is 6.07 Å². The summed E-state index contributed by atoms with van der Waals surface area (Å²) in [4.78, 5) is 0. The molecule has 1 aliphatic carbocycles. The van der Waals surface area contributed by atoms with E-state index in [0.29, 0.717) is 0 Å². The second-order valence-electron chi connectivity index (χ2n) is 4.71. The molecule has 2 rings (SSSR count). The summed E-state index contributed by atoms with van der Waals surface area (Å²) in [5, 5.41) is 10.1. The van der Waals surface area contributed by atoms with Crippen molar-refractivity contribution in [2.75, 3.05) is 7.11 Å². The van der Waals surface area contributed by atoms with Crippen molar-refractivity contribution in [3.63, 3.8) is 0 Å². The molecule has 94 valence electrons. The number of methoxy groups -OCH3 is 1. The van der Waals surface area contributed by atoms with Crippen LogP contribution in [-0.2, 0) is 0 Å². The SMILES string of the molecule is COc1ccc(C2CCCCCC2O)cc1F. The molecule has 0 heterocycles. The normalized spacial score (nSPS) is 25.4. The zero-order valence-electron chi connectivity index (χ0n) is 10.2. The number of halogens is 1. The quantitative estimate of drug-likeness (QED) is 0.801. The first-order chi connectivity index (χ1) is 8.22. The van der Waals surface area contributed by atoms with Crippen molar-refractivity contribution in [3.05, 3.63) is 29.6 Å². The Morgan fingerprint density at radius 1 is 1.24 bits per heavy atom. The van der Waals surface area contributed by atoms with Crippen LogP contribution in [0.5, 0.6) is 5.75 Å². The van der Waals surface area contributed by atoms with Crippen LogP contribution in [0.4, 0.5) is 4.39 Å². The first kappa shape index (κ1) is 12.4. The average molecular weight is 238 g/mol. The number of hydrogen-bond donors (Lipinski definition) is 1.